The van der Waals surface area contributed by atoms with Gasteiger partial charge in [-0.25, -0.2) is 15.2 Å². The summed E-state index contributed by atoms with van der Waals surface area (Å²) in [5.74, 6) is -0.216. The normalized spacial score (nSPS) is 17.0. The molecule has 2 aromatic rings. The Kier molecular flexibility index (Phi) is 6.19. The lowest BCUT2D eigenvalue weighted by Crippen LogP contribution is -2.55. The third-order valence-electron chi connectivity index (χ3n) is 5.07. The number of hydrazine groups is 1. The Morgan fingerprint density at radius 1 is 0.967 bits per heavy atom. The summed E-state index contributed by atoms with van der Waals surface area (Å²) in [6.45, 7) is 5.19. The summed E-state index contributed by atoms with van der Waals surface area (Å²) in [7, 11) is 0. The van der Waals surface area contributed by atoms with Crippen molar-refractivity contribution in [3.63, 3.8) is 0 Å². The molecule has 0 spiro atoms. The van der Waals surface area contributed by atoms with E-state index in [4.69, 9.17) is 4.74 Å². The number of phenols is 1. The first-order chi connectivity index (χ1) is 14.6. The van der Waals surface area contributed by atoms with Gasteiger partial charge in [0.2, 0.25) is 0 Å². The van der Waals surface area contributed by atoms with Crippen LogP contribution in [0.1, 0.15) is 10.5 Å². The van der Waals surface area contributed by atoms with Gasteiger partial charge in [-0.15, -0.1) is 11.3 Å². The summed E-state index contributed by atoms with van der Waals surface area (Å²) in [4.78, 5) is 34.9. The van der Waals surface area contributed by atoms with Gasteiger partial charge in [-0.2, -0.15) is 0 Å². The number of anilines is 2. The van der Waals surface area contributed by atoms with Gasteiger partial charge in [0.25, 0.3) is 5.91 Å². The lowest BCUT2D eigenvalue weighted by Gasteiger charge is -2.36. The highest BCUT2D eigenvalue weighted by Crippen LogP contribution is 2.21. The molecule has 3 heterocycles. The molecule has 2 aliphatic rings. The minimum absolute atomic E-state index is 0.227. The number of thiazole rings is 1. The number of urea groups is 1. The predicted octanol–water partition coefficient (Wildman–Crippen LogP) is 0.862. The first kappa shape index (κ1) is 20.2. The van der Waals surface area contributed by atoms with E-state index in [1.807, 2.05) is 12.1 Å². The highest BCUT2D eigenvalue weighted by Gasteiger charge is 2.22. The van der Waals surface area contributed by atoms with Crippen molar-refractivity contribution in [2.45, 2.75) is 0 Å². The molecule has 3 amide bonds. The van der Waals surface area contributed by atoms with Gasteiger partial charge in [0.1, 0.15) is 11.4 Å². The van der Waals surface area contributed by atoms with E-state index >= 15 is 0 Å². The molecule has 11 heteroatoms. The van der Waals surface area contributed by atoms with Crippen molar-refractivity contribution in [2.24, 2.45) is 0 Å². The fourth-order valence-electron chi connectivity index (χ4n) is 3.35. The van der Waals surface area contributed by atoms with Crippen LogP contribution < -0.4 is 20.7 Å². The molecule has 0 saturated carbocycles. The van der Waals surface area contributed by atoms with Crippen LogP contribution in [0.4, 0.5) is 15.6 Å². The van der Waals surface area contributed by atoms with Gasteiger partial charge in [-0.1, -0.05) is 0 Å². The minimum atomic E-state index is -0.443. The first-order valence-corrected chi connectivity index (χ1v) is 10.7. The summed E-state index contributed by atoms with van der Waals surface area (Å²) >= 11 is 1.40. The van der Waals surface area contributed by atoms with Gasteiger partial charge in [0.15, 0.2) is 5.13 Å². The number of carbonyl (C=O) groups excluding carboxylic acids is 2. The molecule has 0 unspecified atom stereocenters. The van der Waals surface area contributed by atoms with Crippen LogP contribution in [0.3, 0.4) is 0 Å². The molecule has 30 heavy (non-hydrogen) atoms. The van der Waals surface area contributed by atoms with Crippen molar-refractivity contribution in [3.8, 4) is 5.75 Å². The smallest absolute Gasteiger partial charge is 0.336 e. The molecule has 0 bridgehead atoms. The molecular formula is C19H24N6O4S. The number of morpholine rings is 1. The molecule has 0 atom stereocenters. The third kappa shape index (κ3) is 4.74. The molecule has 2 aliphatic heterocycles. The van der Waals surface area contributed by atoms with Crippen LogP contribution in [0, 0.1) is 0 Å². The maximum Gasteiger partial charge on any atom is 0.336 e. The van der Waals surface area contributed by atoms with Crippen LogP contribution in [-0.4, -0.2) is 79.4 Å². The average Bonchev–Trinajstić information content (AvgIpc) is 3.29. The van der Waals surface area contributed by atoms with Gasteiger partial charge in [0, 0.05) is 50.3 Å². The number of aromatic nitrogens is 1. The number of ether oxygens (including phenoxy) is 1. The molecule has 2 saturated heterocycles. The molecule has 4 rings (SSSR count). The van der Waals surface area contributed by atoms with Crippen LogP contribution in [0.25, 0.3) is 0 Å². The Morgan fingerprint density at radius 2 is 1.67 bits per heavy atom. The Bertz CT molecular complexity index is 875. The number of phenolic OH excluding ortho intramolecular Hbond substituents is 1. The van der Waals surface area contributed by atoms with Crippen molar-refractivity contribution in [1.29, 1.82) is 0 Å². The number of piperazine rings is 1. The fraction of sp³-hybridized carbons (Fsp3) is 0.421. The van der Waals surface area contributed by atoms with Gasteiger partial charge >= 0.3 is 6.03 Å². The molecule has 2 fully saturated rings. The standard InChI is InChI=1S/C19H24N6O4S/c26-15-3-1-14(2-4-15)23-5-7-24(8-6-23)18(28)22-21-17(27)16-13-30-19(20-16)25-9-11-29-12-10-25/h1-4,13,26H,5-12H2,(H,21,27)(H,22,28). The van der Waals surface area contributed by atoms with Gasteiger partial charge < -0.3 is 24.5 Å². The van der Waals surface area contributed by atoms with E-state index in [-0.39, 0.29) is 17.5 Å². The topological polar surface area (TPSA) is 110 Å². The summed E-state index contributed by atoms with van der Waals surface area (Å²) in [6, 6.07) is 6.64. The Morgan fingerprint density at radius 3 is 2.37 bits per heavy atom. The van der Waals surface area contributed by atoms with E-state index in [2.05, 4.69) is 25.6 Å². The van der Waals surface area contributed by atoms with E-state index in [1.165, 1.54) is 11.3 Å². The van der Waals surface area contributed by atoms with Crippen molar-refractivity contribution in [1.82, 2.24) is 20.7 Å². The first-order valence-electron chi connectivity index (χ1n) is 9.77. The summed E-state index contributed by atoms with van der Waals surface area (Å²) in [5, 5.41) is 11.9. The lowest BCUT2D eigenvalue weighted by atomic mass is 10.2. The van der Waals surface area contributed by atoms with Gasteiger partial charge in [0.05, 0.1) is 13.2 Å². The average molecular weight is 433 g/mol. The number of nitrogens with zero attached hydrogens (tertiary/aromatic N) is 4. The molecule has 160 valence electrons. The number of aromatic hydroxyl groups is 1. The van der Waals surface area contributed by atoms with Crippen LogP contribution >= 0.6 is 11.3 Å². The van der Waals surface area contributed by atoms with E-state index in [9.17, 15) is 14.7 Å². The number of rotatable bonds is 3. The fourth-order valence-corrected chi connectivity index (χ4v) is 4.21. The quantitative estimate of drug-likeness (QED) is 0.617. The molecule has 1 aromatic carbocycles. The van der Waals surface area contributed by atoms with Crippen molar-refractivity contribution in [3.05, 3.63) is 35.3 Å². The van der Waals surface area contributed by atoms with Crippen LogP contribution in [-0.2, 0) is 4.74 Å². The van der Waals surface area contributed by atoms with Crippen LogP contribution in [0.15, 0.2) is 29.6 Å². The lowest BCUT2D eigenvalue weighted by molar-refractivity contribution is 0.0925. The predicted molar refractivity (Wildman–Crippen MR) is 113 cm³/mol. The van der Waals surface area contributed by atoms with Crippen LogP contribution in [0.5, 0.6) is 5.75 Å². The molecule has 10 nitrogen and oxygen atoms in total. The molecule has 3 N–H and O–H groups in total. The number of amides is 3. The number of benzene rings is 1. The second-order valence-electron chi connectivity index (χ2n) is 6.99. The maximum absolute atomic E-state index is 12.4. The van der Waals surface area contributed by atoms with E-state index in [0.29, 0.717) is 39.4 Å². The van der Waals surface area contributed by atoms with Gasteiger partial charge in [-0.05, 0) is 24.3 Å². The summed E-state index contributed by atoms with van der Waals surface area (Å²) in [6.07, 6.45) is 0. The van der Waals surface area contributed by atoms with E-state index in [0.717, 1.165) is 23.9 Å². The third-order valence-corrected chi connectivity index (χ3v) is 5.97. The molecular weight excluding hydrogens is 408 g/mol. The monoisotopic (exact) mass is 432 g/mol. The Balaban J connectivity index is 1.23. The SMILES string of the molecule is O=C(NNC(=O)N1CCN(c2ccc(O)cc2)CC1)c1csc(N2CCOCC2)n1. The Labute approximate surface area is 178 Å². The number of hydrogen-bond acceptors (Lipinski definition) is 8. The van der Waals surface area contributed by atoms with E-state index in [1.54, 1.807) is 22.4 Å². The molecule has 0 aliphatic carbocycles. The molecule has 0 radical (unpaired) electrons. The zero-order valence-corrected chi connectivity index (χ0v) is 17.2. The maximum atomic E-state index is 12.4. The summed E-state index contributed by atoms with van der Waals surface area (Å²) in [5.41, 5.74) is 6.19. The van der Waals surface area contributed by atoms with Crippen molar-refractivity contribution < 1.29 is 19.4 Å². The van der Waals surface area contributed by atoms with Crippen LogP contribution in [0.2, 0.25) is 0 Å². The second-order valence-corrected chi connectivity index (χ2v) is 7.83. The minimum Gasteiger partial charge on any atom is -0.508 e. The highest BCUT2D eigenvalue weighted by atomic mass is 32.1. The zero-order valence-electron chi connectivity index (χ0n) is 16.4. The van der Waals surface area contributed by atoms with E-state index < -0.39 is 5.91 Å². The Hall–Kier alpha value is -3.05. The summed E-state index contributed by atoms with van der Waals surface area (Å²) < 4.78 is 5.33. The number of nitrogens with one attached hydrogen (secondary N) is 2. The van der Waals surface area contributed by atoms with Crippen molar-refractivity contribution >= 4 is 34.1 Å². The molecule has 1 aromatic heterocycles. The largest absolute Gasteiger partial charge is 0.508 e. The second kappa shape index (κ2) is 9.18. The van der Waals surface area contributed by atoms with Gasteiger partial charge in [-0.3, -0.25) is 10.2 Å². The zero-order chi connectivity index (χ0) is 20.9. The number of carbonyl (C=O) groups is 2. The highest BCUT2D eigenvalue weighted by molar-refractivity contribution is 7.13. The number of hydrogen-bond donors (Lipinski definition) is 3. The van der Waals surface area contributed by atoms with Crippen molar-refractivity contribution in [2.75, 3.05) is 62.3 Å².